The van der Waals surface area contributed by atoms with Crippen molar-refractivity contribution in [2.75, 3.05) is 0 Å². The highest BCUT2D eigenvalue weighted by Crippen LogP contribution is 2.47. The van der Waals surface area contributed by atoms with E-state index in [1.807, 2.05) is 47.7 Å². The summed E-state index contributed by atoms with van der Waals surface area (Å²) in [6.07, 6.45) is 0. The maximum atomic E-state index is 5.15. The number of hydrogen-bond donors (Lipinski definition) is 0. The lowest BCUT2D eigenvalue weighted by molar-refractivity contribution is 1.08. The van der Waals surface area contributed by atoms with Crippen LogP contribution >= 0.6 is 11.3 Å². The van der Waals surface area contributed by atoms with E-state index in [2.05, 4.69) is 127 Å². The molecule has 3 nitrogen and oxygen atoms in total. The summed E-state index contributed by atoms with van der Waals surface area (Å²) in [5.41, 5.74) is 5.24. The summed E-state index contributed by atoms with van der Waals surface area (Å²) in [7, 11) is 0. The van der Waals surface area contributed by atoms with Gasteiger partial charge in [-0.15, -0.1) is 11.3 Å². The molecule has 0 aliphatic rings. The molecule has 0 bridgehead atoms. The molecule has 0 amide bonds. The number of nitrogens with zero attached hydrogens (tertiary/aromatic N) is 3. The third kappa shape index (κ3) is 4.61. The molecule has 8 aromatic carbocycles. The van der Waals surface area contributed by atoms with Gasteiger partial charge in [0.15, 0.2) is 17.5 Å². The minimum absolute atomic E-state index is 0.655. The first-order chi connectivity index (χ1) is 24.3. The van der Waals surface area contributed by atoms with Crippen LogP contribution in [0.3, 0.4) is 0 Å². The highest BCUT2D eigenvalue weighted by Gasteiger charge is 2.20. The van der Waals surface area contributed by atoms with Gasteiger partial charge >= 0.3 is 0 Å². The summed E-state index contributed by atoms with van der Waals surface area (Å²) in [6, 6.07) is 58.0. The molecule has 0 atom stereocenters. The van der Waals surface area contributed by atoms with Crippen LogP contribution in [-0.2, 0) is 0 Å². The fourth-order valence-corrected chi connectivity index (χ4v) is 8.48. The van der Waals surface area contributed by atoms with Crippen molar-refractivity contribution in [3.63, 3.8) is 0 Å². The lowest BCUT2D eigenvalue weighted by Gasteiger charge is -2.15. The van der Waals surface area contributed by atoms with E-state index in [9.17, 15) is 0 Å². The summed E-state index contributed by atoms with van der Waals surface area (Å²) in [5, 5.41) is 9.91. The van der Waals surface area contributed by atoms with Crippen LogP contribution in [0.15, 0.2) is 164 Å². The Kier molecular flexibility index (Phi) is 6.36. The van der Waals surface area contributed by atoms with Crippen LogP contribution in [0.2, 0.25) is 0 Å². The molecule has 2 heterocycles. The second-order valence-corrected chi connectivity index (χ2v) is 13.4. The van der Waals surface area contributed by atoms with E-state index in [1.54, 1.807) is 0 Å². The van der Waals surface area contributed by atoms with Crippen molar-refractivity contribution in [3.8, 4) is 45.3 Å². The minimum Gasteiger partial charge on any atom is -0.208 e. The molecule has 0 unspecified atom stereocenters. The summed E-state index contributed by atoms with van der Waals surface area (Å²) in [5.74, 6) is 1.97. The van der Waals surface area contributed by atoms with Gasteiger partial charge in [0.25, 0.3) is 0 Å². The van der Waals surface area contributed by atoms with Gasteiger partial charge in [0.1, 0.15) is 0 Å². The summed E-state index contributed by atoms with van der Waals surface area (Å²) < 4.78 is 2.61. The Morgan fingerprint density at radius 3 is 1.65 bits per heavy atom. The fourth-order valence-electron chi connectivity index (χ4n) is 7.19. The average molecular weight is 642 g/mol. The van der Waals surface area contributed by atoms with E-state index in [0.29, 0.717) is 17.5 Å². The second-order valence-electron chi connectivity index (χ2n) is 12.4. The van der Waals surface area contributed by atoms with Gasteiger partial charge in [-0.1, -0.05) is 140 Å². The molecular weight excluding hydrogens is 615 g/mol. The smallest absolute Gasteiger partial charge is 0.164 e. The highest BCUT2D eigenvalue weighted by atomic mass is 32.1. The van der Waals surface area contributed by atoms with Gasteiger partial charge in [-0.25, -0.2) is 15.0 Å². The first kappa shape index (κ1) is 27.8. The second kappa shape index (κ2) is 11.2. The monoisotopic (exact) mass is 641 g/mol. The van der Waals surface area contributed by atoms with E-state index in [-0.39, 0.29) is 0 Å². The molecule has 228 valence electrons. The van der Waals surface area contributed by atoms with E-state index in [4.69, 9.17) is 15.0 Å². The lowest BCUT2D eigenvalue weighted by atomic mass is 9.90. The molecule has 0 fully saturated rings. The van der Waals surface area contributed by atoms with Crippen molar-refractivity contribution in [2.24, 2.45) is 0 Å². The number of fused-ring (bicyclic) bond motifs is 8. The van der Waals surface area contributed by atoms with Crippen molar-refractivity contribution >= 4 is 63.8 Å². The third-order valence-corrected chi connectivity index (χ3v) is 10.7. The van der Waals surface area contributed by atoms with Gasteiger partial charge in [-0.2, -0.15) is 0 Å². The van der Waals surface area contributed by atoms with Gasteiger partial charge < -0.3 is 0 Å². The Hall–Kier alpha value is -6.23. The molecule has 0 aliphatic heterocycles. The summed E-state index contributed by atoms with van der Waals surface area (Å²) in [4.78, 5) is 15.3. The van der Waals surface area contributed by atoms with Gasteiger partial charge in [0.05, 0.1) is 0 Å². The summed E-state index contributed by atoms with van der Waals surface area (Å²) >= 11 is 1.89. The molecule has 0 saturated carbocycles. The quantitative estimate of drug-likeness (QED) is 0.180. The van der Waals surface area contributed by atoms with Crippen LogP contribution in [0.25, 0.3) is 97.8 Å². The van der Waals surface area contributed by atoms with Crippen LogP contribution in [0.4, 0.5) is 0 Å². The van der Waals surface area contributed by atoms with E-state index in [0.717, 1.165) is 33.0 Å². The molecule has 0 saturated heterocycles. The molecule has 49 heavy (non-hydrogen) atoms. The van der Waals surface area contributed by atoms with Crippen molar-refractivity contribution in [2.45, 2.75) is 0 Å². The zero-order valence-electron chi connectivity index (χ0n) is 26.3. The van der Waals surface area contributed by atoms with Gasteiger partial charge in [-0.3, -0.25) is 0 Å². The standard InChI is InChI=1S/C45H27N3S/c1-3-14-29(15-4-1)43-46-44(30-16-5-2-6-17-30)48-45(47-43)38-27-33(25-31-18-8-9-19-34(31)38)37-26-32-24-23-28-13-7-10-20-35(28)40(32)42-41(37)36-21-11-12-22-39(36)49-42/h1-27H. The molecular formula is C45H27N3S. The SMILES string of the molecule is c1ccc(-c2nc(-c3ccccc3)nc(-c3cc(-c4cc5ccc6ccccc6c5c5sc6ccccc6c45)cc4ccccc34)n2)cc1. The lowest BCUT2D eigenvalue weighted by Crippen LogP contribution is -2.00. The number of thiophene rings is 1. The van der Waals surface area contributed by atoms with Crippen LogP contribution in [-0.4, -0.2) is 15.0 Å². The predicted molar refractivity (Wildman–Crippen MR) is 207 cm³/mol. The number of hydrogen-bond acceptors (Lipinski definition) is 4. The molecule has 10 rings (SSSR count). The Balaban J connectivity index is 1.29. The van der Waals surface area contributed by atoms with E-state index >= 15 is 0 Å². The number of benzene rings is 8. The van der Waals surface area contributed by atoms with Crippen molar-refractivity contribution in [1.82, 2.24) is 15.0 Å². The van der Waals surface area contributed by atoms with Crippen molar-refractivity contribution in [1.29, 1.82) is 0 Å². The first-order valence-electron chi connectivity index (χ1n) is 16.4. The minimum atomic E-state index is 0.655. The third-order valence-electron chi connectivity index (χ3n) is 9.47. The molecule has 2 aromatic heterocycles. The van der Waals surface area contributed by atoms with Gasteiger partial charge in [0.2, 0.25) is 0 Å². The fraction of sp³-hybridized carbons (Fsp3) is 0. The van der Waals surface area contributed by atoms with Crippen molar-refractivity contribution in [3.05, 3.63) is 164 Å². The summed E-state index contributed by atoms with van der Waals surface area (Å²) in [6.45, 7) is 0. The molecule has 0 spiro atoms. The van der Waals surface area contributed by atoms with Crippen LogP contribution in [0, 0.1) is 0 Å². The molecule has 0 N–H and O–H groups in total. The Morgan fingerprint density at radius 2 is 0.918 bits per heavy atom. The molecule has 4 heteroatoms. The topological polar surface area (TPSA) is 38.7 Å². The maximum Gasteiger partial charge on any atom is 0.164 e. The van der Waals surface area contributed by atoms with E-state index in [1.165, 1.54) is 47.3 Å². The number of aromatic nitrogens is 3. The van der Waals surface area contributed by atoms with Crippen LogP contribution < -0.4 is 0 Å². The van der Waals surface area contributed by atoms with Gasteiger partial charge in [0, 0.05) is 42.2 Å². The Morgan fingerprint density at radius 1 is 0.347 bits per heavy atom. The predicted octanol–water partition coefficient (Wildman–Crippen LogP) is 12.4. The first-order valence-corrected chi connectivity index (χ1v) is 17.3. The molecule has 10 aromatic rings. The van der Waals surface area contributed by atoms with Crippen LogP contribution in [0.1, 0.15) is 0 Å². The average Bonchev–Trinajstić information content (AvgIpc) is 3.57. The highest BCUT2D eigenvalue weighted by molar-refractivity contribution is 7.27. The zero-order valence-corrected chi connectivity index (χ0v) is 27.2. The Labute approximate surface area is 286 Å². The van der Waals surface area contributed by atoms with Crippen molar-refractivity contribution < 1.29 is 0 Å². The maximum absolute atomic E-state index is 5.15. The largest absolute Gasteiger partial charge is 0.208 e. The zero-order chi connectivity index (χ0) is 32.3. The Bertz CT molecular complexity index is 2820. The normalized spacial score (nSPS) is 11.7. The van der Waals surface area contributed by atoms with Gasteiger partial charge in [-0.05, 0) is 62.3 Å². The van der Waals surface area contributed by atoms with E-state index < -0.39 is 0 Å². The van der Waals surface area contributed by atoms with Crippen LogP contribution in [0.5, 0.6) is 0 Å². The number of rotatable bonds is 4. The molecule has 0 radical (unpaired) electrons. The molecule has 0 aliphatic carbocycles.